The zero-order valence-corrected chi connectivity index (χ0v) is 14.9. The number of benzene rings is 1. The fraction of sp³-hybridized carbons (Fsp3) is 0.538. The van der Waals surface area contributed by atoms with Crippen LogP contribution in [0.5, 0.6) is 0 Å². The molecule has 0 radical (unpaired) electrons. The summed E-state index contributed by atoms with van der Waals surface area (Å²) in [5.74, 6) is 0.545. The zero-order valence-electron chi connectivity index (χ0n) is 11.8. The average molecular weight is 397 g/mol. The second kappa shape index (κ2) is 7.28. The van der Waals surface area contributed by atoms with Crippen molar-refractivity contribution in [1.29, 1.82) is 0 Å². The molecular weight excluding hydrogens is 378 g/mol. The molecule has 0 amide bonds. The van der Waals surface area contributed by atoms with Crippen molar-refractivity contribution in [2.75, 3.05) is 31.4 Å². The van der Waals surface area contributed by atoms with Gasteiger partial charge in [-0.05, 0) is 66.5 Å². The molecule has 1 heterocycles. The molecule has 1 aliphatic rings. The second-order valence-corrected chi connectivity index (χ2v) is 8.07. The fourth-order valence-electron chi connectivity index (χ4n) is 2.42. The summed E-state index contributed by atoms with van der Waals surface area (Å²) >= 11 is 9.26. The normalized spacial score (nSPS) is 17.9. The Hall–Kier alpha value is -0.340. The average Bonchev–Trinajstić information content (AvgIpc) is 2.44. The molecule has 0 spiro atoms. The van der Waals surface area contributed by atoms with E-state index in [0.29, 0.717) is 29.7 Å². The molecule has 0 bridgehead atoms. The van der Waals surface area contributed by atoms with Crippen LogP contribution in [0.1, 0.15) is 12.8 Å². The minimum Gasteiger partial charge on any atom is -0.319 e. The molecule has 1 aromatic rings. The summed E-state index contributed by atoms with van der Waals surface area (Å²) in [5.41, 5.74) is 0.473. The molecule has 0 atom stereocenters. The molecule has 1 aliphatic heterocycles. The summed E-state index contributed by atoms with van der Waals surface area (Å²) in [6.45, 7) is 2.03. The van der Waals surface area contributed by atoms with E-state index in [2.05, 4.69) is 26.0 Å². The highest BCUT2D eigenvalue weighted by atomic mass is 79.9. The maximum Gasteiger partial charge on any atom is 0.301 e. The Morgan fingerprint density at radius 2 is 2.05 bits per heavy atom. The molecule has 0 aromatic heterocycles. The van der Waals surface area contributed by atoms with Gasteiger partial charge >= 0.3 is 10.2 Å². The van der Waals surface area contributed by atoms with Crippen molar-refractivity contribution in [2.45, 2.75) is 12.8 Å². The van der Waals surface area contributed by atoms with E-state index in [4.69, 9.17) is 11.6 Å². The minimum atomic E-state index is -3.52. The first kappa shape index (κ1) is 17.0. The van der Waals surface area contributed by atoms with Crippen molar-refractivity contribution in [3.63, 3.8) is 0 Å². The van der Waals surface area contributed by atoms with Gasteiger partial charge in [-0.2, -0.15) is 12.7 Å². The number of hydrogen-bond donors (Lipinski definition) is 2. The summed E-state index contributed by atoms with van der Waals surface area (Å²) < 4.78 is 29.5. The van der Waals surface area contributed by atoms with Crippen LogP contribution in [0.4, 0.5) is 5.69 Å². The lowest BCUT2D eigenvalue weighted by molar-refractivity contribution is 0.272. The van der Waals surface area contributed by atoms with E-state index < -0.39 is 10.2 Å². The Bertz CT molecular complexity index is 589. The van der Waals surface area contributed by atoms with Gasteiger partial charge in [0.1, 0.15) is 0 Å². The number of nitrogens with one attached hydrogen (secondary N) is 2. The number of piperidine rings is 1. The third-order valence-electron chi connectivity index (χ3n) is 3.57. The molecule has 1 fully saturated rings. The number of rotatable bonds is 5. The zero-order chi connectivity index (χ0) is 15.5. The first-order valence-electron chi connectivity index (χ1n) is 6.80. The van der Waals surface area contributed by atoms with Crippen molar-refractivity contribution in [1.82, 2.24) is 9.62 Å². The van der Waals surface area contributed by atoms with E-state index in [-0.39, 0.29) is 0 Å². The van der Waals surface area contributed by atoms with Crippen molar-refractivity contribution in [3.8, 4) is 0 Å². The van der Waals surface area contributed by atoms with Crippen LogP contribution in [0.3, 0.4) is 0 Å². The van der Waals surface area contributed by atoms with Crippen LogP contribution in [0.15, 0.2) is 22.7 Å². The van der Waals surface area contributed by atoms with E-state index >= 15 is 0 Å². The van der Waals surface area contributed by atoms with E-state index in [9.17, 15) is 8.42 Å². The maximum atomic E-state index is 12.4. The Morgan fingerprint density at radius 3 is 2.62 bits per heavy atom. The molecule has 8 heteroatoms. The predicted octanol–water partition coefficient (Wildman–Crippen LogP) is 2.69. The second-order valence-electron chi connectivity index (χ2n) is 5.14. The summed E-state index contributed by atoms with van der Waals surface area (Å²) in [6.07, 6.45) is 1.76. The number of hydrogen-bond acceptors (Lipinski definition) is 3. The molecule has 0 aliphatic carbocycles. The molecule has 5 nitrogen and oxygen atoms in total. The van der Waals surface area contributed by atoms with E-state index in [1.54, 1.807) is 18.2 Å². The van der Waals surface area contributed by atoms with Gasteiger partial charge in [0.25, 0.3) is 0 Å². The lowest BCUT2D eigenvalue weighted by Crippen LogP contribution is -2.43. The molecule has 21 heavy (non-hydrogen) atoms. The van der Waals surface area contributed by atoms with Gasteiger partial charge in [-0.25, -0.2) is 0 Å². The molecule has 1 saturated heterocycles. The molecule has 2 rings (SSSR count). The Morgan fingerprint density at radius 1 is 1.38 bits per heavy atom. The van der Waals surface area contributed by atoms with Crippen LogP contribution in [0.25, 0.3) is 0 Å². The van der Waals surface area contributed by atoms with E-state index in [0.717, 1.165) is 23.9 Å². The van der Waals surface area contributed by atoms with Gasteiger partial charge in [0.15, 0.2) is 0 Å². The van der Waals surface area contributed by atoms with Gasteiger partial charge in [-0.1, -0.05) is 11.6 Å². The molecule has 1 aromatic carbocycles. The number of halogens is 2. The van der Waals surface area contributed by atoms with Crippen LogP contribution < -0.4 is 10.0 Å². The maximum absolute atomic E-state index is 12.4. The molecular formula is C13H19BrClN3O2S. The van der Waals surface area contributed by atoms with Gasteiger partial charge in [0.05, 0.1) is 10.7 Å². The summed E-state index contributed by atoms with van der Waals surface area (Å²) in [5, 5.41) is 3.61. The lowest BCUT2D eigenvalue weighted by atomic mass is 9.98. The Labute approximate surface area is 139 Å². The SMILES string of the molecule is CNCC1CCN(S(=O)(=O)Nc2ccc(Br)c(Cl)c2)CC1. The third-order valence-corrected chi connectivity index (χ3v) is 6.34. The van der Waals surface area contributed by atoms with Gasteiger partial charge in [0, 0.05) is 17.6 Å². The van der Waals surface area contributed by atoms with Crippen LogP contribution in [0.2, 0.25) is 5.02 Å². The van der Waals surface area contributed by atoms with Crippen LogP contribution in [-0.2, 0) is 10.2 Å². The van der Waals surface area contributed by atoms with Gasteiger partial charge in [0.2, 0.25) is 0 Å². The molecule has 2 N–H and O–H groups in total. The van der Waals surface area contributed by atoms with Crippen molar-refractivity contribution in [2.24, 2.45) is 5.92 Å². The van der Waals surface area contributed by atoms with E-state index in [1.807, 2.05) is 7.05 Å². The number of anilines is 1. The Kier molecular flexibility index (Phi) is 5.90. The highest BCUT2D eigenvalue weighted by Crippen LogP contribution is 2.27. The van der Waals surface area contributed by atoms with Crippen molar-refractivity contribution >= 4 is 43.4 Å². The summed E-state index contributed by atoms with van der Waals surface area (Å²) in [7, 11) is -1.60. The van der Waals surface area contributed by atoms with Crippen molar-refractivity contribution < 1.29 is 8.42 Å². The summed E-state index contributed by atoms with van der Waals surface area (Å²) in [4.78, 5) is 0. The quantitative estimate of drug-likeness (QED) is 0.804. The predicted molar refractivity (Wildman–Crippen MR) is 89.9 cm³/mol. The topological polar surface area (TPSA) is 61.4 Å². The highest BCUT2D eigenvalue weighted by Gasteiger charge is 2.27. The van der Waals surface area contributed by atoms with Crippen molar-refractivity contribution in [3.05, 3.63) is 27.7 Å². The molecule has 0 saturated carbocycles. The van der Waals surface area contributed by atoms with Gasteiger partial charge in [-0.3, -0.25) is 4.72 Å². The monoisotopic (exact) mass is 395 g/mol. The van der Waals surface area contributed by atoms with E-state index in [1.165, 1.54) is 4.31 Å². The first-order valence-corrected chi connectivity index (χ1v) is 9.41. The standard InChI is InChI=1S/C13H19BrClN3O2S/c1-16-9-10-4-6-18(7-5-10)21(19,20)17-11-2-3-12(14)13(15)8-11/h2-3,8,10,16-17H,4-7,9H2,1H3. The van der Waals surface area contributed by atoms with Crippen LogP contribution in [-0.4, -0.2) is 39.4 Å². The number of nitrogens with zero attached hydrogens (tertiary/aromatic N) is 1. The smallest absolute Gasteiger partial charge is 0.301 e. The highest BCUT2D eigenvalue weighted by molar-refractivity contribution is 9.10. The first-order chi connectivity index (χ1) is 9.92. The van der Waals surface area contributed by atoms with Crippen LogP contribution >= 0.6 is 27.5 Å². The van der Waals surface area contributed by atoms with Crippen LogP contribution in [0, 0.1) is 5.92 Å². The minimum absolute atomic E-state index is 0.473. The van der Waals surface area contributed by atoms with Gasteiger partial charge in [-0.15, -0.1) is 0 Å². The third kappa shape index (κ3) is 4.56. The molecule has 0 unspecified atom stereocenters. The summed E-state index contributed by atoms with van der Waals surface area (Å²) in [6, 6.07) is 5.00. The fourth-order valence-corrected chi connectivity index (χ4v) is 4.09. The largest absolute Gasteiger partial charge is 0.319 e. The molecule has 118 valence electrons. The lowest BCUT2D eigenvalue weighted by Gasteiger charge is -2.31. The Balaban J connectivity index is 2.00. The van der Waals surface area contributed by atoms with Gasteiger partial charge < -0.3 is 5.32 Å².